The molecule has 0 saturated heterocycles. The molecule has 0 aromatic rings. The van der Waals surface area contributed by atoms with Gasteiger partial charge < -0.3 is 4.90 Å². The Labute approximate surface area is 95.0 Å². The normalized spacial score (nSPS) is 10.3. The number of unbranched alkanes of at least 4 members (excludes halogenated alkanes) is 3. The first-order valence-electron chi connectivity index (χ1n) is 6.33. The van der Waals surface area contributed by atoms with Gasteiger partial charge in [0, 0.05) is 19.5 Å². The van der Waals surface area contributed by atoms with Crippen molar-refractivity contribution < 1.29 is 4.79 Å². The first-order chi connectivity index (χ1) is 7.26. The molecule has 0 heterocycles. The van der Waals surface area contributed by atoms with E-state index in [9.17, 15) is 4.79 Å². The van der Waals surface area contributed by atoms with E-state index in [0.29, 0.717) is 12.3 Å². The van der Waals surface area contributed by atoms with Crippen molar-refractivity contribution in [3.05, 3.63) is 6.92 Å². The second-order valence-corrected chi connectivity index (χ2v) is 4.05. The van der Waals surface area contributed by atoms with Crippen LogP contribution < -0.4 is 0 Å². The summed E-state index contributed by atoms with van der Waals surface area (Å²) in [4.78, 5) is 13.8. The summed E-state index contributed by atoms with van der Waals surface area (Å²) in [6.07, 6.45) is 7.03. The molecular formula is C13H26NO. The molecule has 0 rings (SSSR count). The van der Waals surface area contributed by atoms with Crippen LogP contribution in [0.25, 0.3) is 0 Å². The van der Waals surface area contributed by atoms with Gasteiger partial charge in [-0.3, -0.25) is 4.79 Å². The third-order valence-electron chi connectivity index (χ3n) is 2.56. The van der Waals surface area contributed by atoms with Gasteiger partial charge in [-0.15, -0.1) is 0 Å². The van der Waals surface area contributed by atoms with E-state index >= 15 is 0 Å². The molecule has 0 aromatic carbocycles. The summed E-state index contributed by atoms with van der Waals surface area (Å²) < 4.78 is 0. The molecule has 0 aliphatic carbocycles. The highest BCUT2D eigenvalue weighted by molar-refractivity contribution is 5.76. The van der Waals surface area contributed by atoms with E-state index in [4.69, 9.17) is 0 Å². The van der Waals surface area contributed by atoms with Crippen molar-refractivity contribution in [1.82, 2.24) is 4.90 Å². The van der Waals surface area contributed by atoms with Crippen molar-refractivity contribution in [3.8, 4) is 0 Å². The van der Waals surface area contributed by atoms with Crippen LogP contribution in [0.2, 0.25) is 0 Å². The SMILES string of the molecule is [CH2]CCCC(=O)N(CCCC)CCCC. The first-order valence-corrected chi connectivity index (χ1v) is 6.33. The largest absolute Gasteiger partial charge is 0.343 e. The van der Waals surface area contributed by atoms with Crippen molar-refractivity contribution in [2.75, 3.05) is 13.1 Å². The van der Waals surface area contributed by atoms with Crippen molar-refractivity contribution in [1.29, 1.82) is 0 Å². The van der Waals surface area contributed by atoms with Gasteiger partial charge in [-0.05, 0) is 19.3 Å². The standard InChI is InChI=1S/C13H26NO/c1-4-7-10-13(15)14(11-8-5-2)12-9-6-3/h1,4-12H2,2-3H3. The number of carbonyl (C=O) groups excluding carboxylic acids is 1. The van der Waals surface area contributed by atoms with Gasteiger partial charge >= 0.3 is 0 Å². The molecule has 0 unspecified atom stereocenters. The molecule has 0 spiro atoms. The Balaban J connectivity index is 3.90. The number of nitrogens with zero attached hydrogens (tertiary/aromatic N) is 1. The minimum Gasteiger partial charge on any atom is -0.343 e. The summed E-state index contributed by atoms with van der Waals surface area (Å²) in [6, 6.07) is 0. The Morgan fingerprint density at radius 2 is 1.60 bits per heavy atom. The number of hydrogen-bond donors (Lipinski definition) is 0. The second kappa shape index (κ2) is 10.0. The number of rotatable bonds is 9. The van der Waals surface area contributed by atoms with Crippen LogP contribution in [-0.2, 0) is 4.79 Å². The highest BCUT2D eigenvalue weighted by Gasteiger charge is 2.10. The maximum Gasteiger partial charge on any atom is 0.222 e. The molecular weight excluding hydrogens is 186 g/mol. The third kappa shape index (κ3) is 7.40. The molecule has 0 aliphatic heterocycles. The Hall–Kier alpha value is -0.530. The smallest absolute Gasteiger partial charge is 0.222 e. The minimum atomic E-state index is 0.320. The summed E-state index contributed by atoms with van der Waals surface area (Å²) in [5, 5.41) is 0. The van der Waals surface area contributed by atoms with E-state index in [-0.39, 0.29) is 0 Å². The van der Waals surface area contributed by atoms with Crippen molar-refractivity contribution in [3.63, 3.8) is 0 Å². The Morgan fingerprint density at radius 1 is 1.07 bits per heavy atom. The number of amides is 1. The first kappa shape index (κ1) is 14.5. The molecule has 15 heavy (non-hydrogen) atoms. The van der Waals surface area contributed by atoms with Crippen LogP contribution >= 0.6 is 0 Å². The molecule has 1 radical (unpaired) electrons. The van der Waals surface area contributed by atoms with Gasteiger partial charge in [0.15, 0.2) is 0 Å². The van der Waals surface area contributed by atoms with Crippen molar-refractivity contribution in [2.24, 2.45) is 0 Å². The van der Waals surface area contributed by atoms with Gasteiger partial charge in [-0.25, -0.2) is 0 Å². The van der Waals surface area contributed by atoms with E-state index in [1.54, 1.807) is 0 Å². The fourth-order valence-corrected chi connectivity index (χ4v) is 1.49. The van der Waals surface area contributed by atoms with Gasteiger partial charge in [0.25, 0.3) is 0 Å². The lowest BCUT2D eigenvalue weighted by Gasteiger charge is -2.22. The Bertz CT molecular complexity index is 149. The molecule has 0 saturated carbocycles. The number of hydrogen-bond acceptors (Lipinski definition) is 1. The predicted molar refractivity (Wildman–Crippen MR) is 65.6 cm³/mol. The van der Waals surface area contributed by atoms with Crippen LogP contribution in [0.15, 0.2) is 0 Å². The molecule has 1 amide bonds. The second-order valence-electron chi connectivity index (χ2n) is 4.05. The molecule has 0 aliphatic rings. The van der Waals surface area contributed by atoms with Crippen LogP contribution in [0.5, 0.6) is 0 Å². The Morgan fingerprint density at radius 3 is 2.00 bits per heavy atom. The summed E-state index contributed by atoms with van der Waals surface area (Å²) in [6.45, 7) is 9.97. The fraction of sp³-hybridized carbons (Fsp3) is 0.846. The van der Waals surface area contributed by atoms with E-state index in [0.717, 1.165) is 51.6 Å². The van der Waals surface area contributed by atoms with E-state index in [1.807, 2.05) is 4.90 Å². The molecule has 0 bridgehead atoms. The lowest BCUT2D eigenvalue weighted by atomic mass is 10.2. The summed E-state index contributed by atoms with van der Waals surface area (Å²) in [5.41, 5.74) is 0. The topological polar surface area (TPSA) is 20.3 Å². The summed E-state index contributed by atoms with van der Waals surface area (Å²) in [7, 11) is 0. The number of carbonyl (C=O) groups is 1. The van der Waals surface area contributed by atoms with Crippen LogP contribution in [0.1, 0.15) is 58.8 Å². The maximum atomic E-state index is 11.8. The zero-order chi connectivity index (χ0) is 11.5. The quantitative estimate of drug-likeness (QED) is 0.573. The van der Waals surface area contributed by atoms with Gasteiger partial charge in [-0.2, -0.15) is 0 Å². The third-order valence-corrected chi connectivity index (χ3v) is 2.56. The molecule has 0 N–H and O–H groups in total. The van der Waals surface area contributed by atoms with E-state index < -0.39 is 0 Å². The average molecular weight is 212 g/mol. The summed E-state index contributed by atoms with van der Waals surface area (Å²) in [5.74, 6) is 0.320. The Kier molecular flexibility index (Phi) is 9.65. The lowest BCUT2D eigenvalue weighted by Crippen LogP contribution is -2.32. The van der Waals surface area contributed by atoms with Crippen LogP contribution in [0.4, 0.5) is 0 Å². The average Bonchev–Trinajstić information content (AvgIpc) is 2.26. The maximum absolute atomic E-state index is 11.8. The van der Waals surface area contributed by atoms with E-state index in [1.165, 1.54) is 0 Å². The van der Waals surface area contributed by atoms with E-state index in [2.05, 4.69) is 20.8 Å². The monoisotopic (exact) mass is 212 g/mol. The molecule has 2 nitrogen and oxygen atoms in total. The van der Waals surface area contributed by atoms with Crippen molar-refractivity contribution >= 4 is 5.91 Å². The predicted octanol–water partition coefficient (Wildman–Crippen LogP) is 3.42. The molecule has 0 aromatic heterocycles. The van der Waals surface area contributed by atoms with Crippen LogP contribution in [-0.4, -0.2) is 23.9 Å². The van der Waals surface area contributed by atoms with Gasteiger partial charge in [-0.1, -0.05) is 40.0 Å². The zero-order valence-corrected chi connectivity index (χ0v) is 10.4. The van der Waals surface area contributed by atoms with Crippen molar-refractivity contribution in [2.45, 2.75) is 58.8 Å². The van der Waals surface area contributed by atoms with Gasteiger partial charge in [0.2, 0.25) is 5.91 Å². The molecule has 0 atom stereocenters. The highest BCUT2D eigenvalue weighted by Crippen LogP contribution is 2.04. The highest BCUT2D eigenvalue weighted by atomic mass is 16.2. The van der Waals surface area contributed by atoms with Crippen LogP contribution in [0, 0.1) is 6.92 Å². The molecule has 89 valence electrons. The minimum absolute atomic E-state index is 0.320. The summed E-state index contributed by atoms with van der Waals surface area (Å²) >= 11 is 0. The lowest BCUT2D eigenvalue weighted by molar-refractivity contribution is -0.131. The molecule has 0 fully saturated rings. The van der Waals surface area contributed by atoms with Crippen LogP contribution in [0.3, 0.4) is 0 Å². The fourth-order valence-electron chi connectivity index (χ4n) is 1.49. The zero-order valence-electron chi connectivity index (χ0n) is 10.4. The van der Waals surface area contributed by atoms with Gasteiger partial charge in [0.1, 0.15) is 0 Å². The van der Waals surface area contributed by atoms with Gasteiger partial charge in [0.05, 0.1) is 0 Å². The molecule has 2 heteroatoms.